The van der Waals surface area contributed by atoms with Crippen LogP contribution in [0, 0.1) is 17.8 Å². The van der Waals surface area contributed by atoms with Crippen LogP contribution in [-0.2, 0) is 32.0 Å². The second kappa shape index (κ2) is 14.8. The minimum Gasteiger partial charge on any atom is -0.419 e. The molecule has 236 valence electrons. The Labute approximate surface area is 259 Å². The summed E-state index contributed by atoms with van der Waals surface area (Å²) in [5.41, 5.74) is 4.11. The molecule has 0 saturated carbocycles. The summed E-state index contributed by atoms with van der Waals surface area (Å²) in [5.74, 6) is -0.833. The molecule has 0 amide bonds. The highest BCUT2D eigenvalue weighted by Crippen LogP contribution is 2.32. The third-order valence-corrected chi connectivity index (χ3v) is 7.57. The maximum atomic E-state index is 13.5. The summed E-state index contributed by atoms with van der Waals surface area (Å²) >= 11 is 0. The molecule has 0 aliphatic carbocycles. The molecule has 1 aliphatic rings. The van der Waals surface area contributed by atoms with Gasteiger partial charge < -0.3 is 24.6 Å². The van der Waals surface area contributed by atoms with E-state index in [9.17, 15) is 9.59 Å². The fourth-order valence-electron chi connectivity index (χ4n) is 5.40. The summed E-state index contributed by atoms with van der Waals surface area (Å²) in [5, 5.41) is 3.48. The smallest absolute Gasteiger partial charge is 0.352 e. The number of ether oxygens (including phenoxy) is 2. The standard InChI is InChI=1S/C36H53N3O4/c1-24(2)11-12-27-13-15-28(16-14-27)23-39(31(21-25(3)4)22-26(5)6)33(32-34(40)42-36(7,8)43-35(32)41)37-29-17-19-30(20-18-29)38(9)10/h13-20,24-26,31,37H,11-12,21-23H2,1-10H3. The molecule has 1 aliphatic heterocycles. The lowest BCUT2D eigenvalue weighted by Crippen LogP contribution is -2.46. The van der Waals surface area contributed by atoms with Gasteiger partial charge in [0, 0.05) is 51.9 Å². The van der Waals surface area contributed by atoms with Gasteiger partial charge in [-0.05, 0) is 78.8 Å². The Balaban J connectivity index is 2.16. The van der Waals surface area contributed by atoms with Crippen molar-refractivity contribution in [3.8, 4) is 0 Å². The van der Waals surface area contributed by atoms with Crippen molar-refractivity contribution in [2.24, 2.45) is 17.8 Å². The predicted molar refractivity (Wildman–Crippen MR) is 176 cm³/mol. The Bertz CT molecular complexity index is 1210. The zero-order chi connectivity index (χ0) is 31.9. The third kappa shape index (κ3) is 10.0. The molecule has 2 aromatic carbocycles. The maximum absolute atomic E-state index is 13.5. The van der Waals surface area contributed by atoms with Gasteiger partial charge in [-0.1, -0.05) is 65.8 Å². The highest BCUT2D eigenvalue weighted by atomic mass is 16.7. The molecule has 0 atom stereocenters. The molecule has 1 N–H and O–H groups in total. The minimum atomic E-state index is -1.33. The SMILES string of the molecule is CC(C)CCc1ccc(CN(C(Nc2ccc(N(C)C)cc2)=C2C(=O)OC(C)(C)OC2=O)C(CC(C)C)CC(C)C)cc1. The lowest BCUT2D eigenvalue weighted by atomic mass is 9.93. The predicted octanol–water partition coefficient (Wildman–Crippen LogP) is 7.76. The van der Waals surface area contributed by atoms with E-state index in [1.807, 2.05) is 43.3 Å². The van der Waals surface area contributed by atoms with E-state index < -0.39 is 17.7 Å². The number of cyclic esters (lactones) is 2. The Kier molecular flexibility index (Phi) is 11.7. The first-order valence-corrected chi connectivity index (χ1v) is 15.7. The highest BCUT2D eigenvalue weighted by molar-refractivity contribution is 6.16. The molecule has 43 heavy (non-hydrogen) atoms. The van der Waals surface area contributed by atoms with Gasteiger partial charge in [0.2, 0.25) is 0 Å². The number of carbonyl (C=O) groups excluding carboxylic acids is 2. The third-order valence-electron chi connectivity index (χ3n) is 7.57. The van der Waals surface area contributed by atoms with Crippen molar-refractivity contribution in [3.63, 3.8) is 0 Å². The first kappa shape index (κ1) is 34.0. The monoisotopic (exact) mass is 591 g/mol. The van der Waals surface area contributed by atoms with Crippen molar-refractivity contribution >= 4 is 23.3 Å². The molecule has 7 heteroatoms. The molecule has 3 rings (SSSR count). The lowest BCUT2D eigenvalue weighted by molar-refractivity contribution is -0.222. The molecule has 2 aromatic rings. The Morgan fingerprint density at radius 2 is 1.28 bits per heavy atom. The van der Waals surface area contributed by atoms with Crippen LogP contribution in [0.15, 0.2) is 59.9 Å². The number of nitrogens with zero attached hydrogens (tertiary/aromatic N) is 2. The maximum Gasteiger partial charge on any atom is 0.352 e. The second-order valence-corrected chi connectivity index (χ2v) is 13.8. The Hall–Kier alpha value is -3.48. The summed E-state index contributed by atoms with van der Waals surface area (Å²) in [6.07, 6.45) is 3.96. The molecular formula is C36H53N3O4. The average molecular weight is 592 g/mol. The molecule has 0 unspecified atom stereocenters. The van der Waals surface area contributed by atoms with Crippen LogP contribution in [0.5, 0.6) is 0 Å². The van der Waals surface area contributed by atoms with E-state index in [0.717, 1.165) is 42.6 Å². The van der Waals surface area contributed by atoms with Crippen LogP contribution in [0.4, 0.5) is 11.4 Å². The normalized spacial score (nSPS) is 14.8. The number of anilines is 2. The first-order chi connectivity index (χ1) is 20.1. The number of benzene rings is 2. The number of carbonyl (C=O) groups is 2. The van der Waals surface area contributed by atoms with E-state index in [4.69, 9.17) is 9.47 Å². The lowest BCUT2D eigenvalue weighted by Gasteiger charge is -2.40. The zero-order valence-corrected chi connectivity index (χ0v) is 28.0. The molecule has 7 nitrogen and oxygen atoms in total. The van der Waals surface area contributed by atoms with Gasteiger partial charge >= 0.3 is 11.9 Å². The van der Waals surface area contributed by atoms with Crippen molar-refractivity contribution in [3.05, 3.63) is 71.1 Å². The largest absolute Gasteiger partial charge is 0.419 e. The van der Waals surface area contributed by atoms with Crippen LogP contribution in [0.25, 0.3) is 0 Å². The van der Waals surface area contributed by atoms with Crippen molar-refractivity contribution in [1.82, 2.24) is 4.90 Å². The highest BCUT2D eigenvalue weighted by Gasteiger charge is 2.43. The molecule has 0 spiro atoms. The van der Waals surface area contributed by atoms with Crippen molar-refractivity contribution in [1.29, 1.82) is 0 Å². The quantitative estimate of drug-likeness (QED) is 0.137. The minimum absolute atomic E-state index is 0.0483. The number of aryl methyl sites for hydroxylation is 1. The fraction of sp³-hybridized carbons (Fsp3) is 0.556. The summed E-state index contributed by atoms with van der Waals surface area (Å²) < 4.78 is 11.2. The molecule has 1 heterocycles. The molecular weight excluding hydrogens is 538 g/mol. The van der Waals surface area contributed by atoms with Gasteiger partial charge in [0.15, 0.2) is 5.57 Å². The van der Waals surface area contributed by atoms with E-state index in [0.29, 0.717) is 30.1 Å². The summed E-state index contributed by atoms with van der Waals surface area (Å²) in [4.78, 5) is 31.3. The molecule has 1 saturated heterocycles. The second-order valence-electron chi connectivity index (χ2n) is 13.8. The van der Waals surface area contributed by atoms with Gasteiger partial charge in [-0.25, -0.2) is 9.59 Å². The van der Waals surface area contributed by atoms with Gasteiger partial charge in [-0.15, -0.1) is 0 Å². The van der Waals surface area contributed by atoms with Crippen molar-refractivity contribution in [2.45, 2.75) is 99.4 Å². The number of nitrogens with one attached hydrogen (secondary N) is 1. The van der Waals surface area contributed by atoms with Crippen molar-refractivity contribution < 1.29 is 19.1 Å². The fourth-order valence-corrected chi connectivity index (χ4v) is 5.40. The van der Waals surface area contributed by atoms with E-state index in [1.165, 1.54) is 5.56 Å². The summed E-state index contributed by atoms with van der Waals surface area (Å²) in [6, 6.07) is 16.7. The summed E-state index contributed by atoms with van der Waals surface area (Å²) in [6.45, 7) is 17.0. The number of esters is 2. The zero-order valence-electron chi connectivity index (χ0n) is 28.0. The topological polar surface area (TPSA) is 71.1 Å². The van der Waals surface area contributed by atoms with Gasteiger partial charge in [0.25, 0.3) is 5.79 Å². The summed E-state index contributed by atoms with van der Waals surface area (Å²) in [7, 11) is 3.98. The average Bonchev–Trinajstić information content (AvgIpc) is 2.89. The van der Waals surface area contributed by atoms with Crippen LogP contribution < -0.4 is 10.2 Å². The van der Waals surface area contributed by atoms with Crippen molar-refractivity contribution in [2.75, 3.05) is 24.3 Å². The van der Waals surface area contributed by atoms with Crippen LogP contribution in [0.3, 0.4) is 0 Å². The molecule has 1 fully saturated rings. The van der Waals surface area contributed by atoms with Crippen LogP contribution in [0.1, 0.15) is 85.8 Å². The number of hydrogen-bond donors (Lipinski definition) is 1. The number of hydrogen-bond acceptors (Lipinski definition) is 7. The Morgan fingerprint density at radius 3 is 1.74 bits per heavy atom. The van der Waals surface area contributed by atoms with Gasteiger partial charge in [-0.2, -0.15) is 0 Å². The van der Waals surface area contributed by atoms with Gasteiger partial charge in [-0.3, -0.25) is 0 Å². The van der Waals surface area contributed by atoms with Crippen LogP contribution in [0.2, 0.25) is 0 Å². The van der Waals surface area contributed by atoms with Gasteiger partial charge in [0.1, 0.15) is 5.82 Å². The molecule has 0 aromatic heterocycles. The Morgan fingerprint density at radius 1 is 0.767 bits per heavy atom. The van der Waals surface area contributed by atoms with E-state index in [-0.39, 0.29) is 11.6 Å². The number of rotatable bonds is 14. The van der Waals surface area contributed by atoms with E-state index >= 15 is 0 Å². The van der Waals surface area contributed by atoms with Crippen LogP contribution in [-0.4, -0.2) is 42.8 Å². The van der Waals surface area contributed by atoms with E-state index in [2.05, 4.69) is 76.0 Å². The van der Waals surface area contributed by atoms with Crippen LogP contribution >= 0.6 is 0 Å². The first-order valence-electron chi connectivity index (χ1n) is 15.7. The molecule has 0 radical (unpaired) electrons. The molecule has 0 bridgehead atoms. The van der Waals surface area contributed by atoms with Gasteiger partial charge in [0.05, 0.1) is 0 Å². The van der Waals surface area contributed by atoms with E-state index in [1.54, 1.807) is 13.8 Å².